The molecule has 0 atom stereocenters. The predicted octanol–water partition coefficient (Wildman–Crippen LogP) is 4.27. The largest absolute Gasteiger partial charge is 0.321 e. The van der Waals surface area contributed by atoms with Crippen LogP contribution in [0.4, 0.5) is 11.4 Å². The van der Waals surface area contributed by atoms with E-state index in [2.05, 4.69) is 10.6 Å². The summed E-state index contributed by atoms with van der Waals surface area (Å²) < 4.78 is 0. The number of thiophene rings is 1. The SMILES string of the molecule is CC(=O)c1cccc(NC(=O)C(=Cc2cccc([N+](=O)[O-])c2)NC(=O)c2cccs2)c1. The number of benzene rings is 2. The Morgan fingerprint density at radius 1 is 1.03 bits per heavy atom. The zero-order valence-corrected chi connectivity index (χ0v) is 17.1. The van der Waals surface area contributed by atoms with E-state index in [4.69, 9.17) is 0 Å². The van der Waals surface area contributed by atoms with E-state index < -0.39 is 16.7 Å². The lowest BCUT2D eigenvalue weighted by Crippen LogP contribution is -2.30. The average Bonchev–Trinajstić information content (AvgIpc) is 3.28. The molecule has 1 heterocycles. The Labute approximate surface area is 181 Å². The van der Waals surface area contributed by atoms with E-state index in [0.717, 1.165) is 0 Å². The second-order valence-corrected chi connectivity index (χ2v) is 7.38. The van der Waals surface area contributed by atoms with Gasteiger partial charge in [-0.15, -0.1) is 11.3 Å². The minimum Gasteiger partial charge on any atom is -0.321 e. The van der Waals surface area contributed by atoms with Crippen LogP contribution in [0.2, 0.25) is 0 Å². The van der Waals surface area contributed by atoms with Crippen molar-refractivity contribution in [3.63, 3.8) is 0 Å². The molecular formula is C22H17N3O5S. The fourth-order valence-corrected chi connectivity index (χ4v) is 3.28. The number of rotatable bonds is 7. The first-order chi connectivity index (χ1) is 14.8. The van der Waals surface area contributed by atoms with Gasteiger partial charge in [0.2, 0.25) is 0 Å². The summed E-state index contributed by atoms with van der Waals surface area (Å²) in [5, 5.41) is 18.0. The highest BCUT2D eigenvalue weighted by atomic mass is 32.1. The molecule has 0 bridgehead atoms. The number of nitro benzene ring substituents is 1. The van der Waals surface area contributed by atoms with Gasteiger partial charge in [0.15, 0.2) is 5.78 Å². The molecule has 0 aliphatic heterocycles. The Hall–Kier alpha value is -4.11. The van der Waals surface area contributed by atoms with Crippen LogP contribution < -0.4 is 10.6 Å². The molecule has 0 spiro atoms. The van der Waals surface area contributed by atoms with E-state index >= 15 is 0 Å². The Kier molecular flexibility index (Phi) is 6.68. The maximum Gasteiger partial charge on any atom is 0.272 e. The van der Waals surface area contributed by atoms with Gasteiger partial charge in [0.05, 0.1) is 9.80 Å². The van der Waals surface area contributed by atoms with Crippen LogP contribution in [0.15, 0.2) is 71.7 Å². The Balaban J connectivity index is 1.93. The van der Waals surface area contributed by atoms with Crippen LogP contribution in [-0.2, 0) is 4.79 Å². The summed E-state index contributed by atoms with van der Waals surface area (Å²) >= 11 is 1.21. The number of amides is 2. The summed E-state index contributed by atoms with van der Waals surface area (Å²) in [5.74, 6) is -1.29. The van der Waals surface area contributed by atoms with Crippen molar-refractivity contribution < 1.29 is 19.3 Å². The molecule has 0 aliphatic rings. The maximum absolute atomic E-state index is 12.9. The molecule has 9 heteroatoms. The topological polar surface area (TPSA) is 118 Å². The quantitative estimate of drug-likeness (QED) is 0.249. The third-order valence-corrected chi connectivity index (χ3v) is 5.03. The molecule has 0 saturated carbocycles. The number of ketones is 1. The number of non-ortho nitro benzene ring substituents is 1. The third kappa shape index (κ3) is 5.71. The number of carbonyl (C=O) groups excluding carboxylic acids is 3. The highest BCUT2D eigenvalue weighted by Crippen LogP contribution is 2.18. The number of hydrogen-bond donors (Lipinski definition) is 2. The molecule has 0 radical (unpaired) electrons. The number of carbonyl (C=O) groups is 3. The molecule has 0 fully saturated rings. The molecule has 3 rings (SSSR count). The monoisotopic (exact) mass is 435 g/mol. The van der Waals surface area contributed by atoms with Crippen molar-refractivity contribution in [2.24, 2.45) is 0 Å². The van der Waals surface area contributed by atoms with Gasteiger partial charge >= 0.3 is 0 Å². The zero-order chi connectivity index (χ0) is 22.4. The molecule has 0 saturated heterocycles. The molecule has 2 amide bonds. The van der Waals surface area contributed by atoms with E-state index in [1.54, 1.807) is 41.8 Å². The normalized spacial score (nSPS) is 10.9. The van der Waals surface area contributed by atoms with Gasteiger partial charge in [-0.2, -0.15) is 0 Å². The molecule has 2 N–H and O–H groups in total. The number of nitrogens with one attached hydrogen (secondary N) is 2. The molecular weight excluding hydrogens is 418 g/mol. The molecule has 8 nitrogen and oxygen atoms in total. The summed E-state index contributed by atoms with van der Waals surface area (Å²) in [6.07, 6.45) is 1.35. The van der Waals surface area contributed by atoms with Gasteiger partial charge in [0.25, 0.3) is 17.5 Å². The first-order valence-corrected chi connectivity index (χ1v) is 9.95. The number of anilines is 1. The maximum atomic E-state index is 12.9. The van der Waals surface area contributed by atoms with E-state index in [1.807, 2.05) is 0 Å². The molecule has 31 heavy (non-hydrogen) atoms. The van der Waals surface area contributed by atoms with Crippen LogP contribution in [0.1, 0.15) is 32.5 Å². The van der Waals surface area contributed by atoms with E-state index in [-0.39, 0.29) is 17.2 Å². The molecule has 0 unspecified atom stereocenters. The molecule has 0 aliphatic carbocycles. The minimum absolute atomic E-state index is 0.105. The van der Waals surface area contributed by atoms with Crippen LogP contribution in [0.5, 0.6) is 0 Å². The van der Waals surface area contributed by atoms with E-state index in [1.165, 1.54) is 48.6 Å². The predicted molar refractivity (Wildman–Crippen MR) is 118 cm³/mol. The van der Waals surface area contributed by atoms with Crippen molar-refractivity contribution in [2.75, 3.05) is 5.32 Å². The average molecular weight is 435 g/mol. The van der Waals surface area contributed by atoms with E-state index in [9.17, 15) is 24.5 Å². The van der Waals surface area contributed by atoms with Crippen molar-refractivity contribution in [1.82, 2.24) is 5.32 Å². The highest BCUT2D eigenvalue weighted by molar-refractivity contribution is 7.12. The van der Waals surface area contributed by atoms with Gasteiger partial charge in [-0.25, -0.2) is 0 Å². The van der Waals surface area contributed by atoms with Crippen molar-refractivity contribution in [3.05, 3.63) is 97.9 Å². The second kappa shape index (κ2) is 9.59. The molecule has 2 aromatic carbocycles. The number of nitrogens with zero attached hydrogens (tertiary/aromatic N) is 1. The van der Waals surface area contributed by atoms with Crippen molar-refractivity contribution in [2.45, 2.75) is 6.92 Å². The molecule has 1 aromatic heterocycles. The van der Waals surface area contributed by atoms with Crippen LogP contribution in [0, 0.1) is 10.1 Å². The van der Waals surface area contributed by atoms with Crippen molar-refractivity contribution in [1.29, 1.82) is 0 Å². The first kappa shape index (κ1) is 21.6. The summed E-state index contributed by atoms with van der Waals surface area (Å²) in [4.78, 5) is 47.9. The van der Waals surface area contributed by atoms with Gasteiger partial charge in [0.1, 0.15) is 5.70 Å². The highest BCUT2D eigenvalue weighted by Gasteiger charge is 2.17. The summed E-state index contributed by atoms with van der Waals surface area (Å²) in [6.45, 7) is 1.41. The van der Waals surface area contributed by atoms with Gasteiger partial charge in [-0.05, 0) is 42.1 Å². The van der Waals surface area contributed by atoms with Gasteiger partial charge < -0.3 is 10.6 Å². The zero-order valence-electron chi connectivity index (χ0n) is 16.3. The van der Waals surface area contributed by atoms with Gasteiger partial charge in [-0.3, -0.25) is 24.5 Å². The van der Waals surface area contributed by atoms with Gasteiger partial charge in [-0.1, -0.05) is 30.3 Å². The summed E-state index contributed by atoms with van der Waals surface area (Å²) in [5.41, 5.74) is 0.903. The van der Waals surface area contributed by atoms with Crippen molar-refractivity contribution in [3.8, 4) is 0 Å². The third-order valence-electron chi connectivity index (χ3n) is 4.16. The minimum atomic E-state index is -0.642. The van der Waals surface area contributed by atoms with Gasteiger partial charge in [0, 0.05) is 23.4 Å². The molecule has 3 aromatic rings. The lowest BCUT2D eigenvalue weighted by atomic mass is 10.1. The Morgan fingerprint density at radius 3 is 2.48 bits per heavy atom. The number of Topliss-reactive ketones (excluding diaryl/α,β-unsaturated/α-hetero) is 1. The van der Waals surface area contributed by atoms with Crippen LogP contribution in [0.25, 0.3) is 6.08 Å². The smallest absolute Gasteiger partial charge is 0.272 e. The van der Waals surface area contributed by atoms with Crippen LogP contribution in [-0.4, -0.2) is 22.5 Å². The standard InChI is InChI=1S/C22H17N3O5S/c1-14(26)16-6-3-7-17(13-16)23-21(27)19(24-22(28)20-9-4-10-31-20)12-15-5-2-8-18(11-15)25(29)30/h2-13H,1H3,(H,23,27)(H,24,28). The van der Waals surface area contributed by atoms with Crippen LogP contribution >= 0.6 is 11.3 Å². The van der Waals surface area contributed by atoms with Crippen molar-refractivity contribution >= 4 is 46.4 Å². The van der Waals surface area contributed by atoms with Crippen LogP contribution in [0.3, 0.4) is 0 Å². The Morgan fingerprint density at radius 2 is 1.81 bits per heavy atom. The van der Waals surface area contributed by atoms with E-state index in [0.29, 0.717) is 21.7 Å². The lowest BCUT2D eigenvalue weighted by molar-refractivity contribution is -0.384. The Bertz CT molecular complexity index is 1190. The first-order valence-electron chi connectivity index (χ1n) is 9.07. The fraction of sp³-hybridized carbons (Fsp3) is 0.0455. The summed E-state index contributed by atoms with van der Waals surface area (Å²) in [6, 6.07) is 15.4. The number of nitro groups is 1. The second-order valence-electron chi connectivity index (χ2n) is 6.43. The summed E-state index contributed by atoms with van der Waals surface area (Å²) in [7, 11) is 0. The number of hydrogen-bond acceptors (Lipinski definition) is 6. The fourth-order valence-electron chi connectivity index (χ4n) is 2.66. The molecule has 156 valence electrons. The lowest BCUT2D eigenvalue weighted by Gasteiger charge is -2.11.